The summed E-state index contributed by atoms with van der Waals surface area (Å²) >= 11 is 0. The second kappa shape index (κ2) is 9.37. The van der Waals surface area contributed by atoms with Crippen molar-refractivity contribution in [2.45, 2.75) is 5.41 Å². The highest BCUT2D eigenvalue weighted by Crippen LogP contribution is 2.62. The van der Waals surface area contributed by atoms with Crippen LogP contribution >= 0.6 is 0 Å². The molecule has 6 heteroatoms. The number of rotatable bonds is 3. The summed E-state index contributed by atoms with van der Waals surface area (Å²) in [5.74, 6) is -2.00. The minimum atomic E-state index is -0.749. The van der Waals surface area contributed by atoms with Gasteiger partial charge in [0.2, 0.25) is 0 Å². The van der Waals surface area contributed by atoms with Crippen LogP contribution in [0.4, 0.5) is 30.2 Å². The standard InChI is InChI=1S/C39H22F3N3/c40-24-18-25(41)20-27(19-24)45(38-28-7-2-1-6-23(28)11-14-36(38)42)26-12-13-33-30(21-26)29-8-3-4-9-32(29)39(33)34-15-17-43-22-31(34)37-35(39)10-5-16-44-37/h1-22H. The molecule has 1 atom stereocenters. The molecule has 0 amide bonds. The Morgan fingerprint density at radius 3 is 2.20 bits per heavy atom. The average molecular weight is 590 g/mol. The molecule has 214 valence electrons. The quantitative estimate of drug-likeness (QED) is 0.205. The Kier molecular flexibility index (Phi) is 5.36. The molecule has 2 aliphatic carbocycles. The summed E-state index contributed by atoms with van der Waals surface area (Å²) in [6.07, 6.45) is 5.48. The summed E-state index contributed by atoms with van der Waals surface area (Å²) in [7, 11) is 0. The van der Waals surface area contributed by atoms with Gasteiger partial charge in [-0.2, -0.15) is 0 Å². The van der Waals surface area contributed by atoms with E-state index in [9.17, 15) is 8.78 Å². The van der Waals surface area contributed by atoms with Crippen LogP contribution in [0.2, 0.25) is 0 Å². The highest BCUT2D eigenvalue weighted by molar-refractivity contribution is 6.01. The molecule has 0 saturated heterocycles. The zero-order valence-corrected chi connectivity index (χ0v) is 23.7. The third-order valence-corrected chi connectivity index (χ3v) is 9.16. The smallest absolute Gasteiger partial charge is 0.147 e. The highest BCUT2D eigenvalue weighted by Gasteiger charge is 2.52. The van der Waals surface area contributed by atoms with Crippen LogP contribution < -0.4 is 4.90 Å². The van der Waals surface area contributed by atoms with Crippen molar-refractivity contribution in [2.75, 3.05) is 4.90 Å². The monoisotopic (exact) mass is 589 g/mol. The third-order valence-electron chi connectivity index (χ3n) is 9.16. The summed E-state index contributed by atoms with van der Waals surface area (Å²) in [5.41, 5.74) is 8.49. The van der Waals surface area contributed by atoms with Gasteiger partial charge < -0.3 is 4.90 Å². The van der Waals surface area contributed by atoms with Gasteiger partial charge in [-0.05, 0) is 81.2 Å². The van der Waals surface area contributed by atoms with E-state index in [1.54, 1.807) is 17.2 Å². The Morgan fingerprint density at radius 1 is 0.556 bits per heavy atom. The molecule has 0 bridgehead atoms. The van der Waals surface area contributed by atoms with Gasteiger partial charge in [0.15, 0.2) is 0 Å². The van der Waals surface area contributed by atoms with Crippen LogP contribution in [0.3, 0.4) is 0 Å². The van der Waals surface area contributed by atoms with E-state index in [1.807, 2.05) is 67.0 Å². The van der Waals surface area contributed by atoms with Gasteiger partial charge in [-0.15, -0.1) is 0 Å². The van der Waals surface area contributed by atoms with E-state index >= 15 is 4.39 Å². The molecule has 3 nitrogen and oxygen atoms in total. The molecule has 2 heterocycles. The molecule has 1 spiro atoms. The summed E-state index contributed by atoms with van der Waals surface area (Å²) < 4.78 is 45.5. The summed E-state index contributed by atoms with van der Waals surface area (Å²) in [6, 6.07) is 34.2. The number of fused-ring (bicyclic) bond motifs is 11. The highest BCUT2D eigenvalue weighted by atomic mass is 19.1. The molecule has 5 aromatic carbocycles. The first-order chi connectivity index (χ1) is 22.1. The molecule has 0 fully saturated rings. The fourth-order valence-corrected chi connectivity index (χ4v) is 7.50. The number of hydrogen-bond donors (Lipinski definition) is 0. The van der Waals surface area contributed by atoms with E-state index in [1.165, 1.54) is 18.2 Å². The van der Waals surface area contributed by atoms with Gasteiger partial charge in [0, 0.05) is 41.3 Å². The normalized spacial score (nSPS) is 15.5. The SMILES string of the molecule is Fc1cc(F)cc(N(c2ccc3c(c2)-c2ccccc2C32c3ccncc3-c3ncccc32)c2c(F)ccc3ccccc23)c1. The van der Waals surface area contributed by atoms with Crippen LogP contribution in [0, 0.1) is 17.5 Å². The zero-order valence-electron chi connectivity index (χ0n) is 23.7. The first kappa shape index (κ1) is 25.7. The lowest BCUT2D eigenvalue weighted by atomic mass is 9.71. The van der Waals surface area contributed by atoms with Gasteiger partial charge in [0.05, 0.1) is 22.5 Å². The maximum absolute atomic E-state index is 16.0. The molecule has 45 heavy (non-hydrogen) atoms. The molecule has 0 radical (unpaired) electrons. The summed E-state index contributed by atoms with van der Waals surface area (Å²) in [5, 5.41) is 1.43. The number of aromatic nitrogens is 2. The number of hydrogen-bond acceptors (Lipinski definition) is 3. The lowest BCUT2D eigenvalue weighted by molar-refractivity contribution is 0.583. The molecule has 0 aliphatic heterocycles. The molecular formula is C39H22F3N3. The zero-order chi connectivity index (χ0) is 30.3. The Morgan fingerprint density at radius 2 is 1.31 bits per heavy atom. The minimum Gasteiger partial charge on any atom is -0.307 e. The number of halogens is 3. The Labute approximate surface area is 256 Å². The van der Waals surface area contributed by atoms with Gasteiger partial charge >= 0.3 is 0 Å². The lowest BCUT2D eigenvalue weighted by Crippen LogP contribution is -2.26. The van der Waals surface area contributed by atoms with Gasteiger partial charge in [0.25, 0.3) is 0 Å². The Bertz CT molecular complexity index is 2280. The van der Waals surface area contributed by atoms with Crippen molar-refractivity contribution >= 4 is 27.8 Å². The van der Waals surface area contributed by atoms with E-state index in [4.69, 9.17) is 4.98 Å². The predicted octanol–water partition coefficient (Wildman–Crippen LogP) is 9.86. The van der Waals surface area contributed by atoms with Gasteiger partial charge in [0.1, 0.15) is 17.5 Å². The minimum absolute atomic E-state index is 0.176. The molecule has 0 N–H and O–H groups in total. The first-order valence-electron chi connectivity index (χ1n) is 14.6. The van der Waals surface area contributed by atoms with Crippen molar-refractivity contribution in [1.82, 2.24) is 9.97 Å². The van der Waals surface area contributed by atoms with E-state index in [-0.39, 0.29) is 11.4 Å². The van der Waals surface area contributed by atoms with Crippen molar-refractivity contribution < 1.29 is 13.2 Å². The summed E-state index contributed by atoms with van der Waals surface area (Å²) in [6.45, 7) is 0. The van der Waals surface area contributed by atoms with Crippen LogP contribution in [-0.2, 0) is 5.41 Å². The lowest BCUT2D eigenvalue weighted by Gasteiger charge is -2.31. The van der Waals surface area contributed by atoms with Crippen LogP contribution in [-0.4, -0.2) is 9.97 Å². The Hall–Kier alpha value is -5.75. The van der Waals surface area contributed by atoms with Gasteiger partial charge in [-0.25, -0.2) is 13.2 Å². The predicted molar refractivity (Wildman–Crippen MR) is 170 cm³/mol. The number of benzene rings is 5. The first-order valence-corrected chi connectivity index (χ1v) is 14.6. The molecule has 2 aromatic heterocycles. The van der Waals surface area contributed by atoms with Crippen molar-refractivity contribution in [3.05, 3.63) is 174 Å². The second-order valence-electron chi connectivity index (χ2n) is 11.4. The Balaban J connectivity index is 1.36. The van der Waals surface area contributed by atoms with E-state index in [2.05, 4.69) is 35.3 Å². The van der Waals surface area contributed by atoms with Crippen molar-refractivity contribution in [1.29, 1.82) is 0 Å². The molecule has 0 saturated carbocycles. The van der Waals surface area contributed by atoms with Crippen LogP contribution in [0.5, 0.6) is 0 Å². The maximum atomic E-state index is 16.0. The number of nitrogens with zero attached hydrogens (tertiary/aromatic N) is 3. The fourth-order valence-electron chi connectivity index (χ4n) is 7.50. The number of pyridine rings is 2. The van der Waals surface area contributed by atoms with Gasteiger partial charge in [-0.3, -0.25) is 9.97 Å². The molecule has 1 unspecified atom stereocenters. The van der Waals surface area contributed by atoms with Crippen molar-refractivity contribution in [3.8, 4) is 22.4 Å². The van der Waals surface area contributed by atoms with Crippen molar-refractivity contribution in [3.63, 3.8) is 0 Å². The molecular weight excluding hydrogens is 567 g/mol. The second-order valence-corrected chi connectivity index (χ2v) is 11.4. The van der Waals surface area contributed by atoms with E-state index in [0.29, 0.717) is 11.1 Å². The molecule has 9 rings (SSSR count). The maximum Gasteiger partial charge on any atom is 0.147 e. The molecule has 7 aromatic rings. The van der Waals surface area contributed by atoms with Crippen LogP contribution in [0.25, 0.3) is 33.2 Å². The average Bonchev–Trinajstić information content (AvgIpc) is 3.53. The number of anilines is 3. The summed E-state index contributed by atoms with van der Waals surface area (Å²) in [4.78, 5) is 10.8. The topological polar surface area (TPSA) is 29.0 Å². The van der Waals surface area contributed by atoms with Crippen LogP contribution in [0.15, 0.2) is 134 Å². The fraction of sp³-hybridized carbons (Fsp3) is 0.0256. The molecule has 2 aliphatic rings. The largest absolute Gasteiger partial charge is 0.307 e. The van der Waals surface area contributed by atoms with Gasteiger partial charge in [-0.1, -0.05) is 66.7 Å². The van der Waals surface area contributed by atoms with Crippen LogP contribution in [0.1, 0.15) is 22.3 Å². The third kappa shape index (κ3) is 3.48. The van der Waals surface area contributed by atoms with E-state index in [0.717, 1.165) is 56.1 Å². The van der Waals surface area contributed by atoms with E-state index < -0.39 is 22.9 Å². The van der Waals surface area contributed by atoms with Crippen molar-refractivity contribution in [2.24, 2.45) is 0 Å².